The molecule has 1 aromatic carbocycles. The number of halogens is 3. The summed E-state index contributed by atoms with van der Waals surface area (Å²) in [6, 6.07) is 3.25. The van der Waals surface area contributed by atoms with Crippen LogP contribution in [0.4, 0.5) is 24.7 Å². The molecule has 0 unspecified atom stereocenters. The number of carbonyl (C=O) groups excluding carboxylic acids is 1. The molecule has 0 spiro atoms. The van der Waals surface area contributed by atoms with Crippen LogP contribution in [-0.2, 0) is 5.54 Å². The molecule has 2 heterocycles. The molecule has 154 valence electrons. The molecule has 3 rings (SSSR count). The Balaban J connectivity index is 1.95. The van der Waals surface area contributed by atoms with Crippen LogP contribution in [0, 0.1) is 5.82 Å². The number of ether oxygens (including phenoxy) is 1. The van der Waals surface area contributed by atoms with E-state index in [-0.39, 0.29) is 42.0 Å². The summed E-state index contributed by atoms with van der Waals surface area (Å²) in [5, 5.41) is 5.14. The lowest BCUT2D eigenvalue weighted by Crippen LogP contribution is -2.51. The zero-order valence-corrected chi connectivity index (χ0v) is 15.2. The Bertz CT molecular complexity index is 970. The molecule has 1 atom stereocenters. The number of nitrogens with zero attached hydrogens (tertiary/aromatic N) is 3. The number of hydrogen-bond acceptors (Lipinski definition) is 8. The number of carbonyl (C=O) groups is 1. The average Bonchev–Trinajstić information content (AvgIpc) is 2.68. The lowest BCUT2D eigenvalue weighted by atomic mass is 9.88. The molecule has 9 nitrogen and oxygen atoms in total. The quantitative estimate of drug-likeness (QED) is 0.575. The van der Waals surface area contributed by atoms with Gasteiger partial charge in [-0.05, 0) is 18.2 Å². The van der Waals surface area contributed by atoms with Gasteiger partial charge in [-0.3, -0.25) is 9.79 Å². The van der Waals surface area contributed by atoms with Gasteiger partial charge in [0.2, 0.25) is 5.88 Å². The first-order chi connectivity index (χ1) is 13.8. The van der Waals surface area contributed by atoms with Gasteiger partial charge in [0, 0.05) is 17.8 Å². The number of amidine groups is 1. The van der Waals surface area contributed by atoms with Crippen molar-refractivity contribution in [2.24, 2.45) is 10.7 Å². The Hall–Kier alpha value is -3.41. The van der Waals surface area contributed by atoms with Crippen LogP contribution in [0.1, 0.15) is 16.1 Å². The van der Waals surface area contributed by atoms with Crippen molar-refractivity contribution in [3.8, 4) is 5.88 Å². The molecule has 0 fully saturated rings. The van der Waals surface area contributed by atoms with E-state index in [0.29, 0.717) is 0 Å². The van der Waals surface area contributed by atoms with E-state index in [1.807, 2.05) is 0 Å². The van der Waals surface area contributed by atoms with Crippen molar-refractivity contribution >= 4 is 23.2 Å². The summed E-state index contributed by atoms with van der Waals surface area (Å²) in [7, 11) is 1.36. The van der Waals surface area contributed by atoms with Crippen LogP contribution in [-0.4, -0.2) is 48.3 Å². The van der Waals surface area contributed by atoms with Gasteiger partial charge < -0.3 is 26.8 Å². The Kier molecular flexibility index (Phi) is 5.55. The van der Waals surface area contributed by atoms with Gasteiger partial charge in [-0.25, -0.2) is 18.2 Å². The van der Waals surface area contributed by atoms with E-state index in [2.05, 4.69) is 25.6 Å². The predicted octanol–water partition coefficient (Wildman–Crippen LogP) is 0.880. The third-order valence-corrected chi connectivity index (χ3v) is 4.30. The predicted molar refractivity (Wildman–Crippen MR) is 99.5 cm³/mol. The van der Waals surface area contributed by atoms with Crippen molar-refractivity contribution in [1.82, 2.24) is 15.3 Å². The van der Waals surface area contributed by atoms with E-state index >= 15 is 0 Å². The number of methoxy groups -OCH3 is 1. The second-order valence-corrected chi connectivity index (χ2v) is 6.23. The summed E-state index contributed by atoms with van der Waals surface area (Å²) in [4.78, 5) is 24.0. The highest BCUT2D eigenvalue weighted by molar-refractivity contribution is 6.05. The largest absolute Gasteiger partial charge is 0.480 e. The number of nitrogens with two attached hydrogens (primary N) is 2. The monoisotopic (exact) mass is 409 g/mol. The van der Waals surface area contributed by atoms with Crippen molar-refractivity contribution in [1.29, 1.82) is 0 Å². The lowest BCUT2D eigenvalue weighted by Gasteiger charge is -2.34. The molecule has 6 N–H and O–H groups in total. The zero-order valence-electron chi connectivity index (χ0n) is 15.2. The van der Waals surface area contributed by atoms with Crippen LogP contribution in [0.3, 0.4) is 0 Å². The Labute approximate surface area is 163 Å². The number of benzene rings is 1. The summed E-state index contributed by atoms with van der Waals surface area (Å²) < 4.78 is 47.1. The van der Waals surface area contributed by atoms with Crippen molar-refractivity contribution in [2.45, 2.75) is 12.0 Å². The van der Waals surface area contributed by atoms with Crippen LogP contribution < -0.4 is 26.8 Å². The smallest absolute Gasteiger partial charge is 0.278 e. The number of aliphatic imine (C=N–C) groups is 1. The van der Waals surface area contributed by atoms with Gasteiger partial charge in [0.15, 0.2) is 17.1 Å². The molecule has 1 aromatic heterocycles. The third-order valence-electron chi connectivity index (χ3n) is 4.30. The van der Waals surface area contributed by atoms with Gasteiger partial charge in [-0.15, -0.1) is 0 Å². The number of amides is 1. The SMILES string of the molecule is COc1cnc(C(=O)Nc2ccc(F)c([C@]3(C(F)F)CNCC(N)=N3)c2)c(N)n1. The summed E-state index contributed by atoms with van der Waals surface area (Å²) in [5.74, 6) is -1.82. The van der Waals surface area contributed by atoms with E-state index in [0.717, 1.165) is 12.1 Å². The zero-order chi connectivity index (χ0) is 21.2. The van der Waals surface area contributed by atoms with Gasteiger partial charge in [0.25, 0.3) is 12.3 Å². The summed E-state index contributed by atoms with van der Waals surface area (Å²) >= 11 is 0. The van der Waals surface area contributed by atoms with E-state index in [9.17, 15) is 18.0 Å². The van der Waals surface area contributed by atoms with E-state index < -0.39 is 29.3 Å². The van der Waals surface area contributed by atoms with E-state index in [1.54, 1.807) is 0 Å². The average molecular weight is 409 g/mol. The van der Waals surface area contributed by atoms with Gasteiger partial charge in [-0.2, -0.15) is 4.98 Å². The fourth-order valence-electron chi connectivity index (χ4n) is 2.90. The maximum Gasteiger partial charge on any atom is 0.278 e. The standard InChI is InChI=1S/C17H18F3N7O2/c1-29-12-6-24-13(14(22)26-12)15(28)25-8-2-3-10(18)9(4-8)17(16(19)20)7-23-5-11(21)27-17/h2-4,6,16,23H,5,7H2,1H3,(H2,21,27)(H2,22,26)(H,25,28)/t17-/m0/s1. The molecular weight excluding hydrogens is 391 g/mol. The summed E-state index contributed by atoms with van der Waals surface area (Å²) in [6.45, 7) is -0.210. The fourth-order valence-corrected chi connectivity index (χ4v) is 2.90. The molecule has 12 heteroatoms. The van der Waals surface area contributed by atoms with Crippen molar-refractivity contribution < 1.29 is 22.7 Å². The maximum atomic E-state index is 14.5. The summed E-state index contributed by atoms with van der Waals surface area (Å²) in [6.07, 6.45) is -1.85. The number of aromatic nitrogens is 2. The summed E-state index contributed by atoms with van der Waals surface area (Å²) in [5.41, 5.74) is 8.49. The number of rotatable bonds is 5. The van der Waals surface area contributed by atoms with Gasteiger partial charge >= 0.3 is 0 Å². The molecule has 0 saturated carbocycles. The van der Waals surface area contributed by atoms with Crippen molar-refractivity contribution in [2.75, 3.05) is 31.2 Å². The first-order valence-electron chi connectivity index (χ1n) is 8.38. The van der Waals surface area contributed by atoms with Gasteiger partial charge in [0.05, 0.1) is 19.9 Å². The molecule has 1 amide bonds. The van der Waals surface area contributed by atoms with Crippen LogP contribution in [0.5, 0.6) is 5.88 Å². The van der Waals surface area contributed by atoms with Gasteiger partial charge in [0.1, 0.15) is 11.7 Å². The number of nitrogen functional groups attached to an aromatic ring is 1. The molecule has 2 aromatic rings. The minimum absolute atomic E-state index is 0.0442. The topological polar surface area (TPSA) is 141 Å². The number of hydrogen-bond donors (Lipinski definition) is 4. The Morgan fingerprint density at radius 1 is 1.38 bits per heavy atom. The van der Waals surface area contributed by atoms with Crippen LogP contribution >= 0.6 is 0 Å². The van der Waals surface area contributed by atoms with Crippen LogP contribution in [0.2, 0.25) is 0 Å². The molecule has 0 bridgehead atoms. The molecule has 1 aliphatic heterocycles. The van der Waals surface area contributed by atoms with E-state index in [4.69, 9.17) is 16.2 Å². The molecule has 0 saturated heterocycles. The first-order valence-corrected chi connectivity index (χ1v) is 8.38. The minimum Gasteiger partial charge on any atom is -0.480 e. The lowest BCUT2D eigenvalue weighted by molar-refractivity contribution is 0.0491. The van der Waals surface area contributed by atoms with E-state index in [1.165, 1.54) is 19.4 Å². The van der Waals surface area contributed by atoms with Crippen LogP contribution in [0.25, 0.3) is 0 Å². The molecule has 0 radical (unpaired) electrons. The number of anilines is 2. The van der Waals surface area contributed by atoms with Crippen LogP contribution in [0.15, 0.2) is 29.4 Å². The van der Waals surface area contributed by atoms with Gasteiger partial charge in [-0.1, -0.05) is 0 Å². The third kappa shape index (κ3) is 3.92. The minimum atomic E-state index is -3.04. The number of nitrogens with one attached hydrogen (secondary N) is 2. The second kappa shape index (κ2) is 7.91. The highest BCUT2D eigenvalue weighted by Gasteiger charge is 2.45. The number of alkyl halides is 2. The normalized spacial score (nSPS) is 19.0. The van der Waals surface area contributed by atoms with Crippen molar-refractivity contribution in [3.05, 3.63) is 41.5 Å². The first kappa shape index (κ1) is 20.3. The highest BCUT2D eigenvalue weighted by Crippen LogP contribution is 2.36. The maximum absolute atomic E-state index is 14.5. The van der Waals surface area contributed by atoms with Crippen molar-refractivity contribution in [3.63, 3.8) is 0 Å². The molecule has 1 aliphatic rings. The molecule has 0 aliphatic carbocycles. The Morgan fingerprint density at radius 3 is 2.76 bits per heavy atom. The Morgan fingerprint density at radius 2 is 2.14 bits per heavy atom. The highest BCUT2D eigenvalue weighted by atomic mass is 19.3. The molecular formula is C17H18F3N7O2. The fraction of sp³-hybridized carbons (Fsp3) is 0.294. The second-order valence-electron chi connectivity index (χ2n) is 6.23. The molecule has 29 heavy (non-hydrogen) atoms.